The van der Waals surface area contributed by atoms with Gasteiger partial charge in [0.15, 0.2) is 11.0 Å². The summed E-state index contributed by atoms with van der Waals surface area (Å²) in [7, 11) is 0. The Bertz CT molecular complexity index is 950. The number of nitrogens with zero attached hydrogens (tertiary/aromatic N) is 3. The van der Waals surface area contributed by atoms with E-state index in [1.54, 1.807) is 36.0 Å². The van der Waals surface area contributed by atoms with Gasteiger partial charge in [-0.25, -0.2) is 14.4 Å². The summed E-state index contributed by atoms with van der Waals surface area (Å²) in [5.74, 6) is -0.399. The molecule has 5 nitrogen and oxygen atoms in total. The highest BCUT2D eigenvalue weighted by molar-refractivity contribution is 8.00. The van der Waals surface area contributed by atoms with Crippen molar-refractivity contribution in [3.8, 4) is 5.69 Å². The van der Waals surface area contributed by atoms with E-state index in [1.165, 1.54) is 36.2 Å². The Hall–Kier alpha value is -2.09. The second-order valence-electron chi connectivity index (χ2n) is 5.29. The first-order valence-electron chi connectivity index (χ1n) is 7.52. The zero-order chi connectivity index (χ0) is 18.7. The molecule has 0 aliphatic carbocycles. The van der Waals surface area contributed by atoms with Gasteiger partial charge in [0.05, 0.1) is 21.0 Å². The van der Waals surface area contributed by atoms with E-state index in [0.29, 0.717) is 15.9 Å². The van der Waals surface area contributed by atoms with Crippen molar-refractivity contribution in [2.75, 3.05) is 5.32 Å². The van der Waals surface area contributed by atoms with Crippen molar-refractivity contribution in [3.63, 3.8) is 0 Å². The number of hydrogen-bond acceptors (Lipinski definition) is 4. The van der Waals surface area contributed by atoms with Crippen LogP contribution in [0.3, 0.4) is 0 Å². The number of amides is 1. The van der Waals surface area contributed by atoms with Crippen LogP contribution < -0.4 is 5.32 Å². The van der Waals surface area contributed by atoms with Crippen LogP contribution in [0.25, 0.3) is 5.69 Å². The minimum atomic E-state index is -0.488. The predicted molar refractivity (Wildman–Crippen MR) is 102 cm³/mol. The molecule has 26 heavy (non-hydrogen) atoms. The Morgan fingerprint density at radius 1 is 1.31 bits per heavy atom. The molecule has 1 aromatic carbocycles. The topological polar surface area (TPSA) is 59.8 Å². The van der Waals surface area contributed by atoms with Gasteiger partial charge in [-0.2, -0.15) is 0 Å². The van der Waals surface area contributed by atoms with E-state index in [2.05, 4.69) is 15.3 Å². The van der Waals surface area contributed by atoms with Crippen LogP contribution in [0.4, 0.5) is 10.2 Å². The molecule has 0 aliphatic rings. The van der Waals surface area contributed by atoms with Crippen molar-refractivity contribution in [3.05, 3.63) is 64.8 Å². The molecule has 3 aromatic rings. The van der Waals surface area contributed by atoms with Crippen molar-refractivity contribution < 1.29 is 9.18 Å². The van der Waals surface area contributed by atoms with Crippen LogP contribution in [0.1, 0.15) is 6.92 Å². The third-order valence-corrected chi connectivity index (χ3v) is 4.97. The first-order valence-corrected chi connectivity index (χ1v) is 9.15. The van der Waals surface area contributed by atoms with E-state index in [9.17, 15) is 9.18 Å². The van der Waals surface area contributed by atoms with E-state index in [0.717, 1.165) is 0 Å². The fourth-order valence-corrected chi connectivity index (χ4v) is 3.45. The summed E-state index contributed by atoms with van der Waals surface area (Å²) >= 11 is 13.1. The molecular formula is C17H13Cl2FN4OS. The van der Waals surface area contributed by atoms with Gasteiger partial charge >= 0.3 is 0 Å². The van der Waals surface area contributed by atoms with Crippen LogP contribution in [-0.2, 0) is 4.79 Å². The Labute approximate surface area is 163 Å². The van der Waals surface area contributed by atoms with Gasteiger partial charge in [-0.15, -0.1) is 0 Å². The van der Waals surface area contributed by atoms with Gasteiger partial charge in [-0.1, -0.05) is 41.0 Å². The van der Waals surface area contributed by atoms with Gasteiger partial charge in [0.2, 0.25) is 5.91 Å². The Morgan fingerprint density at radius 3 is 2.85 bits per heavy atom. The summed E-state index contributed by atoms with van der Waals surface area (Å²) in [6.45, 7) is 1.73. The van der Waals surface area contributed by atoms with Gasteiger partial charge in [0.1, 0.15) is 5.82 Å². The Balaban J connectivity index is 1.73. The number of halogens is 3. The number of anilines is 1. The fraction of sp³-hybridized carbons (Fsp3) is 0.118. The smallest absolute Gasteiger partial charge is 0.238 e. The van der Waals surface area contributed by atoms with Crippen LogP contribution in [0, 0.1) is 5.82 Å². The SMILES string of the molecule is CC(Sc1nccn1-c1cccc(F)c1)C(=O)Nc1ncc(Cl)cc1Cl. The van der Waals surface area contributed by atoms with Crippen LogP contribution >= 0.6 is 35.0 Å². The van der Waals surface area contributed by atoms with Crippen molar-refractivity contribution in [1.29, 1.82) is 0 Å². The third-order valence-electron chi connectivity index (χ3n) is 3.39. The number of benzene rings is 1. The van der Waals surface area contributed by atoms with Gasteiger partial charge in [0.25, 0.3) is 0 Å². The van der Waals surface area contributed by atoms with Crippen molar-refractivity contribution >= 4 is 46.7 Å². The van der Waals surface area contributed by atoms with E-state index < -0.39 is 5.25 Å². The van der Waals surface area contributed by atoms with Gasteiger partial charge in [-0.3, -0.25) is 9.36 Å². The van der Waals surface area contributed by atoms with Gasteiger partial charge in [-0.05, 0) is 31.2 Å². The highest BCUT2D eigenvalue weighted by Gasteiger charge is 2.19. The Kier molecular flexibility index (Phi) is 5.80. The van der Waals surface area contributed by atoms with Crippen molar-refractivity contribution in [2.24, 2.45) is 0 Å². The molecule has 0 saturated carbocycles. The van der Waals surface area contributed by atoms with Gasteiger partial charge in [0, 0.05) is 18.6 Å². The second kappa shape index (κ2) is 8.07. The maximum atomic E-state index is 13.5. The number of imidazole rings is 1. The molecule has 1 amide bonds. The average Bonchev–Trinajstić information content (AvgIpc) is 3.05. The van der Waals surface area contributed by atoms with Gasteiger partial charge < -0.3 is 5.32 Å². The molecule has 0 saturated heterocycles. The summed E-state index contributed by atoms with van der Waals surface area (Å²) in [6.07, 6.45) is 4.70. The lowest BCUT2D eigenvalue weighted by molar-refractivity contribution is -0.115. The minimum Gasteiger partial charge on any atom is -0.308 e. The number of carbonyl (C=O) groups is 1. The molecule has 0 spiro atoms. The molecule has 134 valence electrons. The quantitative estimate of drug-likeness (QED) is 0.611. The fourth-order valence-electron chi connectivity index (χ4n) is 2.14. The summed E-state index contributed by atoms with van der Waals surface area (Å²) in [6, 6.07) is 7.64. The maximum Gasteiger partial charge on any atom is 0.238 e. The molecule has 3 rings (SSSR count). The largest absolute Gasteiger partial charge is 0.308 e. The first kappa shape index (κ1) is 18.7. The van der Waals surface area contributed by atoms with E-state index in [-0.39, 0.29) is 22.6 Å². The maximum absolute atomic E-state index is 13.5. The molecule has 2 aromatic heterocycles. The molecule has 0 radical (unpaired) electrons. The van der Waals surface area contributed by atoms with E-state index >= 15 is 0 Å². The second-order valence-corrected chi connectivity index (χ2v) is 7.44. The molecule has 9 heteroatoms. The molecule has 0 bridgehead atoms. The number of aromatic nitrogens is 3. The average molecular weight is 411 g/mol. The molecule has 2 heterocycles. The number of nitrogens with one attached hydrogen (secondary N) is 1. The number of pyridine rings is 1. The lowest BCUT2D eigenvalue weighted by Gasteiger charge is -2.13. The predicted octanol–water partition coefficient (Wildman–Crippen LogP) is 4.83. The van der Waals surface area contributed by atoms with Crippen molar-refractivity contribution in [2.45, 2.75) is 17.3 Å². The summed E-state index contributed by atoms with van der Waals surface area (Å²) < 4.78 is 15.2. The molecule has 0 fully saturated rings. The number of hydrogen-bond donors (Lipinski definition) is 1. The molecule has 0 aliphatic heterocycles. The highest BCUT2D eigenvalue weighted by atomic mass is 35.5. The standard InChI is InChI=1S/C17H13Cl2FN4OS/c1-10(16(25)23-15-14(19)7-11(18)9-22-15)26-17-21-5-6-24(17)13-4-2-3-12(20)8-13/h2-10H,1H3,(H,22,23,25). The lowest BCUT2D eigenvalue weighted by Crippen LogP contribution is -2.23. The molecule has 1 atom stereocenters. The van der Waals surface area contributed by atoms with E-state index in [4.69, 9.17) is 23.2 Å². The monoisotopic (exact) mass is 410 g/mol. The first-order chi connectivity index (χ1) is 12.4. The van der Waals surface area contributed by atoms with E-state index in [1.807, 2.05) is 0 Å². The highest BCUT2D eigenvalue weighted by Crippen LogP contribution is 2.27. The van der Waals surface area contributed by atoms with Crippen LogP contribution in [0.2, 0.25) is 10.0 Å². The number of rotatable bonds is 5. The van der Waals surface area contributed by atoms with Crippen LogP contribution in [0.5, 0.6) is 0 Å². The van der Waals surface area contributed by atoms with Crippen LogP contribution in [0.15, 0.2) is 54.1 Å². The summed E-state index contributed by atoms with van der Waals surface area (Å²) in [5, 5.41) is 3.37. The number of thioether (sulfide) groups is 1. The third kappa shape index (κ3) is 4.35. The summed E-state index contributed by atoms with van der Waals surface area (Å²) in [5.41, 5.74) is 0.625. The molecule has 1 unspecified atom stereocenters. The molecular weight excluding hydrogens is 398 g/mol. The van der Waals surface area contributed by atoms with Crippen LogP contribution in [-0.4, -0.2) is 25.7 Å². The Morgan fingerprint density at radius 2 is 2.12 bits per heavy atom. The van der Waals surface area contributed by atoms with Crippen molar-refractivity contribution in [1.82, 2.24) is 14.5 Å². The zero-order valence-corrected chi connectivity index (χ0v) is 15.8. The number of carbonyl (C=O) groups excluding carboxylic acids is 1. The zero-order valence-electron chi connectivity index (χ0n) is 13.5. The lowest BCUT2D eigenvalue weighted by atomic mass is 10.3. The normalized spacial score (nSPS) is 12.0. The minimum absolute atomic E-state index is 0.238. The molecule has 1 N–H and O–H groups in total. The summed E-state index contributed by atoms with van der Waals surface area (Å²) in [4.78, 5) is 20.7.